The van der Waals surface area contributed by atoms with Gasteiger partial charge in [0.15, 0.2) is 51.1 Å². The zero-order valence-electron chi connectivity index (χ0n) is 77.1. The summed E-state index contributed by atoms with van der Waals surface area (Å²) in [5.74, 6) is 0.712. The molecule has 4 saturated heterocycles. The lowest BCUT2D eigenvalue weighted by Crippen LogP contribution is -2.51. The van der Waals surface area contributed by atoms with Crippen molar-refractivity contribution in [3.8, 4) is 0 Å². The number of rotatable bonds is 28. The third kappa shape index (κ3) is 23.5. The normalized spacial score (nSPS) is 16.2. The molecule has 13 aromatic rings. The van der Waals surface area contributed by atoms with Crippen molar-refractivity contribution in [3.05, 3.63) is 198 Å². The van der Waals surface area contributed by atoms with Crippen LogP contribution in [0.5, 0.6) is 0 Å². The van der Waals surface area contributed by atoms with Crippen LogP contribution in [0.15, 0.2) is 104 Å². The lowest BCUT2D eigenvalue weighted by Gasteiger charge is -2.39. The van der Waals surface area contributed by atoms with Crippen molar-refractivity contribution in [2.75, 3.05) is 73.6 Å². The molecule has 1 aromatic carbocycles. The van der Waals surface area contributed by atoms with Gasteiger partial charge in [0.25, 0.3) is 23.6 Å². The van der Waals surface area contributed by atoms with Gasteiger partial charge in [0.05, 0.1) is 69.0 Å². The Hall–Kier alpha value is -12.8. The number of pyridine rings is 4. The number of carbonyl (C=O) groups is 8. The maximum absolute atomic E-state index is 13.6. The van der Waals surface area contributed by atoms with E-state index in [0.29, 0.717) is 182 Å². The van der Waals surface area contributed by atoms with Gasteiger partial charge >= 0.3 is 0 Å². The van der Waals surface area contributed by atoms with Gasteiger partial charge in [0.1, 0.15) is 59.4 Å². The van der Waals surface area contributed by atoms with Crippen LogP contribution >= 0.6 is 45.3 Å². The van der Waals surface area contributed by atoms with Gasteiger partial charge in [-0.25, -0.2) is 57.4 Å². The molecule has 0 spiro atoms. The van der Waals surface area contributed by atoms with Crippen LogP contribution in [0.1, 0.15) is 244 Å². The first kappa shape index (κ1) is 96.3. The lowest BCUT2D eigenvalue weighted by molar-refractivity contribution is -0.127. The Kier molecular flexibility index (Phi) is 29.6. The number of halogens is 4. The van der Waals surface area contributed by atoms with Crippen molar-refractivity contribution in [1.29, 1.82) is 0 Å². The number of aryl methyl sites for hydroxylation is 4. The second kappa shape index (κ2) is 41.8. The van der Waals surface area contributed by atoms with Crippen LogP contribution in [0.3, 0.4) is 0 Å². The Balaban J connectivity index is 0.000000132. The number of amides is 4. The molecule has 40 heteroatoms. The van der Waals surface area contributed by atoms with Crippen LogP contribution in [0, 0.1) is 91.9 Å². The van der Waals surface area contributed by atoms with E-state index >= 15 is 0 Å². The van der Waals surface area contributed by atoms with E-state index in [4.69, 9.17) is 0 Å². The molecule has 6 fully saturated rings. The number of thiazole rings is 4. The number of hydrogen-bond acceptors (Lipinski definition) is 32. The molecule has 6 aliphatic rings. The van der Waals surface area contributed by atoms with E-state index in [2.05, 4.69) is 122 Å². The summed E-state index contributed by atoms with van der Waals surface area (Å²) in [4.78, 5) is 179. The van der Waals surface area contributed by atoms with Crippen LogP contribution in [-0.4, -0.2) is 198 Å². The van der Waals surface area contributed by atoms with Crippen molar-refractivity contribution < 1.29 is 55.9 Å². The molecule has 4 aliphatic heterocycles. The molecular formula is C96H104F4N24O8S4. The maximum atomic E-state index is 13.6. The summed E-state index contributed by atoms with van der Waals surface area (Å²) in [5.41, 5.74) is 6.20. The van der Waals surface area contributed by atoms with Crippen LogP contribution in [-0.2, 0) is 14.4 Å². The highest BCUT2D eigenvalue weighted by molar-refractivity contribution is 7.20. The van der Waals surface area contributed by atoms with E-state index in [9.17, 15) is 55.9 Å². The number of ketones is 4. The first-order valence-corrected chi connectivity index (χ1v) is 48.8. The predicted octanol–water partition coefficient (Wildman–Crippen LogP) is 17.3. The third-order valence-corrected chi connectivity index (χ3v) is 28.5. The van der Waals surface area contributed by atoms with Crippen molar-refractivity contribution in [2.45, 2.75) is 177 Å². The predicted molar refractivity (Wildman–Crippen MR) is 510 cm³/mol. The number of hydrogen-bond donors (Lipinski definition) is 4. The second-order valence-corrected chi connectivity index (χ2v) is 41.9. The summed E-state index contributed by atoms with van der Waals surface area (Å²) < 4.78 is 56.9. The molecule has 0 bridgehead atoms. The van der Waals surface area contributed by atoms with Gasteiger partial charge in [0.2, 0.25) is 23.8 Å². The smallest absolute Gasteiger partial charge is 0.274 e. The van der Waals surface area contributed by atoms with Gasteiger partial charge in [-0.3, -0.25) is 58.3 Å². The number of nitrogens with zero attached hydrogens (tertiary/aromatic N) is 20. The fourth-order valence-corrected chi connectivity index (χ4v) is 20.6. The molecule has 16 heterocycles. The van der Waals surface area contributed by atoms with Gasteiger partial charge in [-0.05, 0) is 133 Å². The number of aromatic nitrogens is 16. The fourth-order valence-electron chi connectivity index (χ4n) is 17.2. The Morgan fingerprint density at radius 1 is 0.368 bits per heavy atom. The number of nitrogens with one attached hydrogen (secondary N) is 4. The fraction of sp³-hybridized carbons (Fsp3) is 0.438. The summed E-state index contributed by atoms with van der Waals surface area (Å²) in [5, 5.41) is 15.7. The van der Waals surface area contributed by atoms with Crippen molar-refractivity contribution in [3.63, 3.8) is 0 Å². The van der Waals surface area contributed by atoms with E-state index in [1.54, 1.807) is 44.4 Å². The SMILES string of the molecule is Cc1nc2nc(N[C@@H](C)c3cncc(F)c3)nc(C(=O)N3CC(CC(=O)C4CCC4)C3)c2s1.Cc1nc2nc(N[C@@H](C)c3cncc(F)c3)nc(C(=O)N3CC(CC(=O)C4CCCC4)C3)c2s1.Cc1nc2nc(N[C@@H](C)c3cncc(F)c3)nc(C(=O)N3CC(CC(=O)CC(C)(C)C)C3)c2s1.Cc1nc2nc(N[C@@H](C)c3cncc(F)c3)nc(C(=O)N3CC(CC(=O)c4ccccc4)C3)c2s1. The molecule has 12 aromatic heterocycles. The topological polar surface area (TPSA) is 404 Å². The highest BCUT2D eigenvalue weighted by Gasteiger charge is 2.42. The van der Waals surface area contributed by atoms with Crippen LogP contribution in [0.4, 0.5) is 41.4 Å². The van der Waals surface area contributed by atoms with Gasteiger partial charge in [-0.15, -0.1) is 45.3 Å². The van der Waals surface area contributed by atoms with Gasteiger partial charge < -0.3 is 40.9 Å². The Labute approximate surface area is 797 Å². The summed E-state index contributed by atoms with van der Waals surface area (Å²) in [6, 6.07) is 13.5. The van der Waals surface area contributed by atoms with E-state index in [-0.39, 0.29) is 130 Å². The van der Waals surface area contributed by atoms with Gasteiger partial charge in [-0.1, -0.05) is 70.4 Å². The minimum atomic E-state index is -0.434. The summed E-state index contributed by atoms with van der Waals surface area (Å²) in [7, 11) is 0. The van der Waals surface area contributed by atoms with E-state index in [0.717, 1.165) is 89.8 Å². The zero-order chi connectivity index (χ0) is 96.1. The number of anilines is 4. The minimum absolute atomic E-state index is 0.0327. The molecule has 136 heavy (non-hydrogen) atoms. The molecule has 32 nitrogen and oxygen atoms in total. The monoisotopic (exact) mass is 1920 g/mol. The Bertz CT molecular complexity index is 6670. The quantitative estimate of drug-likeness (QED) is 0.0261. The maximum Gasteiger partial charge on any atom is 0.274 e. The Morgan fingerprint density at radius 3 is 0.904 bits per heavy atom. The molecule has 4 atom stereocenters. The number of fused-ring (bicyclic) bond motifs is 4. The average molecular weight is 1930 g/mol. The van der Waals surface area contributed by atoms with E-state index in [1.165, 1.54) is 69.6 Å². The largest absolute Gasteiger partial charge is 0.348 e. The molecule has 708 valence electrons. The highest BCUT2D eigenvalue weighted by Crippen LogP contribution is 2.39. The molecule has 4 N–H and O–H groups in total. The standard InChI is InChI=1S/C25H23FN6O2S.C24H27FN6O2S.C24H29FN6O2S.C23H25FN6O2S/c1-14(18-9-19(26)11-27-10-18)28-25-30-21(22-23(31-25)29-15(2)35-22)24(34)32-12-16(13-32)8-20(33)17-6-4-3-5-7-17;1-13(17-8-18(25)10-26-9-17)27-24-29-20(21-22(30-24)28-14(2)34-21)23(33)31-11-15(12-31)7-19(32)16-5-3-4-6-16;1-13(16-7-17(25)10-26-9-16)27-23-29-19(20-21(30-23)28-14(2)34-20)22(33)31-11-15(12-31)6-18(32)8-24(3,4)5;1-12(16-7-17(24)9-25-8-16)26-23-28-19(20-21(29-23)27-13(2)33-20)22(32)30-10-14(11-30)6-18(31)15-4-3-5-15/h3-7,9-11,14,16H,8,12-13H2,1-2H3,(H,28,30,31);8-10,13,15-16H,3-7,11-12H2,1-2H3,(H,27,29,30);7,9-10,13,15H,6,8,11-12H2,1-5H3,(H,27,29,30);7-9,12,14-15H,3-6,10-11H2,1-2H3,(H,26,28,29)/t14-;2*13-;12-/m0000/s1. The molecule has 4 amide bonds. The van der Waals surface area contributed by atoms with Crippen molar-refractivity contribution >= 4 is 157 Å². The summed E-state index contributed by atoms with van der Waals surface area (Å²) in [6.07, 6.45) is 20.9. The molecule has 0 unspecified atom stereocenters. The molecular weight excluding hydrogens is 1820 g/mol. The second-order valence-electron chi connectivity index (χ2n) is 37.1. The molecule has 19 rings (SSSR count). The Morgan fingerprint density at radius 2 is 0.640 bits per heavy atom. The number of carbonyl (C=O) groups excluding carboxylic acids is 8. The molecule has 2 saturated carbocycles. The third-order valence-electron chi connectivity index (χ3n) is 24.7. The number of benzene rings is 1. The molecule has 2 aliphatic carbocycles. The lowest BCUT2D eigenvalue weighted by atomic mass is 9.78. The zero-order valence-corrected chi connectivity index (χ0v) is 80.4. The van der Waals surface area contributed by atoms with E-state index < -0.39 is 23.3 Å². The van der Waals surface area contributed by atoms with Crippen molar-refractivity contribution in [2.24, 2.45) is 40.9 Å². The van der Waals surface area contributed by atoms with Gasteiger partial charge in [0, 0.05) is 150 Å². The first-order chi connectivity index (χ1) is 65.1. The highest BCUT2D eigenvalue weighted by atomic mass is 32.1. The average Bonchev–Trinajstić information content (AvgIpc) is 1.55. The van der Waals surface area contributed by atoms with Crippen molar-refractivity contribution in [1.82, 2.24) is 99.3 Å². The van der Waals surface area contributed by atoms with Crippen LogP contribution in [0.2, 0.25) is 0 Å². The first-order valence-electron chi connectivity index (χ1n) is 45.5. The van der Waals surface area contributed by atoms with Crippen LogP contribution in [0.25, 0.3) is 41.4 Å². The number of likely N-dealkylation sites (tertiary alicyclic amines) is 4. The molecule has 0 radical (unpaired) electrons. The summed E-state index contributed by atoms with van der Waals surface area (Å²) in [6.45, 7) is 25.3. The minimum Gasteiger partial charge on any atom is -0.348 e. The van der Waals surface area contributed by atoms with Crippen LogP contribution < -0.4 is 21.3 Å². The van der Waals surface area contributed by atoms with E-state index in [1.807, 2.05) is 85.7 Å². The summed E-state index contributed by atoms with van der Waals surface area (Å²) >= 11 is 5.52. The number of Topliss-reactive ketones (excluding diaryl/α,β-unsaturated/α-hetero) is 4. The van der Waals surface area contributed by atoms with Gasteiger partial charge in [-0.2, -0.15) is 19.9 Å².